The van der Waals surface area contributed by atoms with E-state index in [1.165, 1.54) is 11.7 Å². The van der Waals surface area contributed by atoms with E-state index in [9.17, 15) is 13.6 Å². The maximum absolute atomic E-state index is 14.4. The number of likely N-dealkylation sites (tertiary alicyclic amines) is 1. The average Bonchev–Trinajstić information content (AvgIpc) is 3.00. The van der Waals surface area contributed by atoms with Crippen LogP contribution in [0.2, 0.25) is 0 Å². The SMILES string of the molecule is CC.COc1cc(F)c(-n2cc(C3CC4(C3)CN(C(=O)OC(C)(C)C)C4)nc2N)c(F)c1. The summed E-state index contributed by atoms with van der Waals surface area (Å²) < 4.78 is 40.4. The molecule has 0 bridgehead atoms. The zero-order valence-electron chi connectivity index (χ0n) is 19.5. The molecule has 1 saturated carbocycles. The van der Waals surface area contributed by atoms with E-state index in [0.717, 1.165) is 25.0 Å². The molecule has 1 spiro atoms. The second kappa shape index (κ2) is 8.60. The number of nitrogens with zero attached hydrogens (tertiary/aromatic N) is 3. The van der Waals surface area contributed by atoms with Crippen LogP contribution in [0.5, 0.6) is 5.75 Å². The number of ether oxygens (including phenoxy) is 2. The van der Waals surface area contributed by atoms with Crippen LogP contribution in [0.25, 0.3) is 5.69 Å². The number of benzene rings is 1. The molecule has 1 aliphatic heterocycles. The zero-order chi connectivity index (χ0) is 23.8. The van der Waals surface area contributed by atoms with Gasteiger partial charge >= 0.3 is 6.09 Å². The largest absolute Gasteiger partial charge is 0.497 e. The van der Waals surface area contributed by atoms with Crippen molar-refractivity contribution >= 4 is 12.0 Å². The van der Waals surface area contributed by atoms with Crippen LogP contribution >= 0.6 is 0 Å². The lowest BCUT2D eigenvalue weighted by atomic mass is 9.57. The van der Waals surface area contributed by atoms with Crippen LogP contribution in [0.3, 0.4) is 0 Å². The van der Waals surface area contributed by atoms with Gasteiger partial charge in [0, 0.05) is 42.8 Å². The molecule has 0 radical (unpaired) electrons. The molecule has 0 unspecified atom stereocenters. The molecule has 2 aromatic rings. The summed E-state index contributed by atoms with van der Waals surface area (Å²) in [5.41, 5.74) is 5.92. The van der Waals surface area contributed by atoms with E-state index in [2.05, 4.69) is 4.98 Å². The third-order valence-electron chi connectivity index (χ3n) is 5.70. The van der Waals surface area contributed by atoms with Gasteiger partial charge in [-0.3, -0.25) is 4.57 Å². The van der Waals surface area contributed by atoms with Gasteiger partial charge in [0.15, 0.2) is 11.6 Å². The Kier molecular flexibility index (Phi) is 6.40. The normalized spacial score (nSPS) is 17.2. The summed E-state index contributed by atoms with van der Waals surface area (Å²) in [6, 6.07) is 2.21. The first-order valence-electron chi connectivity index (χ1n) is 10.9. The summed E-state index contributed by atoms with van der Waals surface area (Å²) >= 11 is 0. The van der Waals surface area contributed by atoms with Gasteiger partial charge in [0.25, 0.3) is 0 Å². The monoisotopic (exact) mass is 450 g/mol. The van der Waals surface area contributed by atoms with Crippen molar-refractivity contribution in [3.8, 4) is 11.4 Å². The second-order valence-corrected chi connectivity index (χ2v) is 9.28. The zero-order valence-corrected chi connectivity index (χ0v) is 19.5. The molecule has 1 saturated heterocycles. The van der Waals surface area contributed by atoms with Crippen LogP contribution < -0.4 is 10.5 Å². The standard InChI is InChI=1S/C21H26F2N4O3.C2H6/c1-20(2,3)30-19(28)26-10-21(11-26)7-12(8-21)16-9-27(18(24)25-16)17-14(22)5-13(29-4)6-15(17)23;1-2/h5-6,9,12H,7-8,10-11H2,1-4H3,(H2,24,25);1-2H3. The highest BCUT2D eigenvalue weighted by Gasteiger charge is 2.55. The molecule has 1 aromatic carbocycles. The number of imidazole rings is 1. The number of carbonyl (C=O) groups is 1. The molecule has 2 heterocycles. The summed E-state index contributed by atoms with van der Waals surface area (Å²) in [6.07, 6.45) is 2.98. The van der Waals surface area contributed by atoms with Gasteiger partial charge < -0.3 is 20.1 Å². The first-order chi connectivity index (χ1) is 15.0. The maximum atomic E-state index is 14.4. The van der Waals surface area contributed by atoms with E-state index in [1.54, 1.807) is 11.1 Å². The fraction of sp³-hybridized carbons (Fsp3) is 0.565. The molecule has 4 rings (SSSR count). The Morgan fingerprint density at radius 2 is 1.75 bits per heavy atom. The molecule has 2 N–H and O–H groups in total. The van der Waals surface area contributed by atoms with Crippen molar-refractivity contribution in [3.05, 3.63) is 35.7 Å². The first-order valence-corrected chi connectivity index (χ1v) is 10.9. The number of rotatable bonds is 3. The molecule has 9 heteroatoms. The Labute approximate surface area is 187 Å². The van der Waals surface area contributed by atoms with Crippen molar-refractivity contribution in [3.63, 3.8) is 0 Å². The minimum Gasteiger partial charge on any atom is -0.497 e. The molecule has 176 valence electrons. The Morgan fingerprint density at radius 1 is 1.19 bits per heavy atom. The van der Waals surface area contributed by atoms with Crippen molar-refractivity contribution in [1.29, 1.82) is 0 Å². The minimum absolute atomic E-state index is 0.0258. The number of anilines is 1. The van der Waals surface area contributed by atoms with E-state index in [4.69, 9.17) is 15.2 Å². The van der Waals surface area contributed by atoms with Gasteiger partial charge in [-0.05, 0) is 33.6 Å². The number of hydrogen-bond acceptors (Lipinski definition) is 5. The Morgan fingerprint density at radius 3 is 2.25 bits per heavy atom. The van der Waals surface area contributed by atoms with Crippen molar-refractivity contribution in [2.45, 2.75) is 59.0 Å². The van der Waals surface area contributed by atoms with Crippen LogP contribution in [0.4, 0.5) is 19.5 Å². The molecule has 0 atom stereocenters. The molecule has 1 aromatic heterocycles. The number of carbonyl (C=O) groups excluding carboxylic acids is 1. The molecule has 7 nitrogen and oxygen atoms in total. The number of halogens is 2. The molecule has 2 fully saturated rings. The van der Waals surface area contributed by atoms with Gasteiger partial charge in [-0.2, -0.15) is 0 Å². The minimum atomic E-state index is -0.778. The predicted octanol–water partition coefficient (Wildman–Crippen LogP) is 4.88. The van der Waals surface area contributed by atoms with Gasteiger partial charge in [0.05, 0.1) is 12.8 Å². The quantitative estimate of drug-likeness (QED) is 0.721. The highest BCUT2D eigenvalue weighted by atomic mass is 19.1. The topological polar surface area (TPSA) is 82.6 Å². The van der Waals surface area contributed by atoms with E-state index in [1.807, 2.05) is 34.6 Å². The van der Waals surface area contributed by atoms with E-state index < -0.39 is 17.2 Å². The van der Waals surface area contributed by atoms with Crippen molar-refractivity contribution < 1.29 is 23.0 Å². The first kappa shape index (κ1) is 23.8. The third-order valence-corrected chi connectivity index (χ3v) is 5.70. The summed E-state index contributed by atoms with van der Waals surface area (Å²) in [5, 5.41) is 0. The Bertz CT molecular complexity index is 963. The van der Waals surface area contributed by atoms with Crippen LogP contribution in [0.1, 0.15) is 59.1 Å². The van der Waals surface area contributed by atoms with Crippen LogP contribution in [0, 0.1) is 17.0 Å². The lowest BCUT2D eigenvalue weighted by Gasteiger charge is -2.58. The van der Waals surface area contributed by atoms with Gasteiger partial charge in [-0.25, -0.2) is 18.6 Å². The van der Waals surface area contributed by atoms with E-state index >= 15 is 0 Å². The van der Waals surface area contributed by atoms with E-state index in [-0.39, 0.29) is 34.8 Å². The van der Waals surface area contributed by atoms with Crippen LogP contribution in [-0.2, 0) is 4.74 Å². The predicted molar refractivity (Wildman–Crippen MR) is 118 cm³/mol. The summed E-state index contributed by atoms with van der Waals surface area (Å²) in [6.45, 7) is 10.8. The number of nitrogen functional groups attached to an aromatic ring is 1. The van der Waals surface area contributed by atoms with Crippen LogP contribution in [-0.4, -0.2) is 46.3 Å². The lowest BCUT2D eigenvalue weighted by molar-refractivity contribution is -0.0791. The smallest absolute Gasteiger partial charge is 0.410 e. The van der Waals surface area contributed by atoms with Crippen molar-refractivity contribution in [2.24, 2.45) is 5.41 Å². The lowest BCUT2D eigenvalue weighted by Crippen LogP contribution is -2.63. The van der Waals surface area contributed by atoms with Crippen LogP contribution in [0.15, 0.2) is 18.3 Å². The molecule has 1 amide bonds. The number of amides is 1. The third kappa shape index (κ3) is 4.52. The fourth-order valence-corrected chi connectivity index (χ4v) is 4.35. The number of nitrogens with two attached hydrogens (primary N) is 1. The Hall–Kier alpha value is -2.84. The van der Waals surface area contributed by atoms with E-state index in [0.29, 0.717) is 18.8 Å². The Balaban J connectivity index is 0.00000141. The van der Waals surface area contributed by atoms with Gasteiger partial charge in [-0.1, -0.05) is 13.8 Å². The molecule has 1 aliphatic carbocycles. The molecular formula is C23H32F2N4O3. The summed E-state index contributed by atoms with van der Waals surface area (Å²) in [7, 11) is 1.34. The number of hydrogen-bond donors (Lipinski definition) is 1. The summed E-state index contributed by atoms with van der Waals surface area (Å²) in [4.78, 5) is 18.2. The molecule has 32 heavy (non-hydrogen) atoms. The second-order valence-electron chi connectivity index (χ2n) is 9.28. The highest BCUT2D eigenvalue weighted by molar-refractivity contribution is 5.69. The number of methoxy groups -OCH3 is 1. The maximum Gasteiger partial charge on any atom is 0.410 e. The molecular weight excluding hydrogens is 418 g/mol. The number of aromatic nitrogens is 2. The van der Waals surface area contributed by atoms with Gasteiger partial charge in [0.1, 0.15) is 17.0 Å². The van der Waals surface area contributed by atoms with Crippen molar-refractivity contribution in [2.75, 3.05) is 25.9 Å². The fourth-order valence-electron chi connectivity index (χ4n) is 4.35. The highest BCUT2D eigenvalue weighted by Crippen LogP contribution is 2.56. The van der Waals surface area contributed by atoms with Gasteiger partial charge in [0.2, 0.25) is 5.95 Å². The average molecular weight is 451 g/mol. The summed E-state index contributed by atoms with van der Waals surface area (Å²) in [5.74, 6) is -1.30. The van der Waals surface area contributed by atoms with Crippen molar-refractivity contribution in [1.82, 2.24) is 14.5 Å². The molecule has 2 aliphatic rings. The van der Waals surface area contributed by atoms with Gasteiger partial charge in [-0.15, -0.1) is 0 Å².